The summed E-state index contributed by atoms with van der Waals surface area (Å²) in [5, 5.41) is 13.8. The van der Waals surface area contributed by atoms with Gasteiger partial charge in [-0.25, -0.2) is 4.98 Å². The van der Waals surface area contributed by atoms with Gasteiger partial charge in [0.05, 0.1) is 16.6 Å². The third-order valence-electron chi connectivity index (χ3n) is 6.35. The van der Waals surface area contributed by atoms with Gasteiger partial charge in [-0.2, -0.15) is 0 Å². The maximum atomic E-state index is 13.6. The van der Waals surface area contributed by atoms with Crippen LogP contribution in [0.15, 0.2) is 88.7 Å². The highest BCUT2D eigenvalue weighted by molar-refractivity contribution is 8.26. The molecule has 7 nitrogen and oxygen atoms in total. The van der Waals surface area contributed by atoms with Crippen LogP contribution in [0.4, 0.5) is 5.82 Å². The standard InChI is InChI=1S/C29H26N4O3S2/c1-19-9-8-15-32-26(19)31-25(30-18-23(34)21-12-6-3-7-13-21)22(27(32)35)17-24-28(36)33(29(37)38-24)16-14-20-10-4-2-5-11-20/h2-13,15,17,23,30,34H,14,16,18H2,1H3/b24-17+. The summed E-state index contributed by atoms with van der Waals surface area (Å²) in [4.78, 5) is 33.5. The zero-order chi connectivity index (χ0) is 26.6. The molecule has 38 heavy (non-hydrogen) atoms. The first-order chi connectivity index (χ1) is 18.4. The van der Waals surface area contributed by atoms with Gasteiger partial charge in [-0.3, -0.25) is 18.9 Å². The minimum Gasteiger partial charge on any atom is -0.387 e. The third kappa shape index (κ3) is 5.40. The summed E-state index contributed by atoms with van der Waals surface area (Å²) in [6.45, 7) is 2.47. The number of thioether (sulfide) groups is 1. The number of aliphatic hydroxyl groups is 1. The lowest BCUT2D eigenvalue weighted by atomic mass is 10.1. The summed E-state index contributed by atoms with van der Waals surface area (Å²) in [6.07, 6.45) is 3.08. The molecular weight excluding hydrogens is 516 g/mol. The Morgan fingerprint density at radius 2 is 1.76 bits per heavy atom. The lowest BCUT2D eigenvalue weighted by molar-refractivity contribution is -0.122. The van der Waals surface area contributed by atoms with Gasteiger partial charge in [0, 0.05) is 19.3 Å². The van der Waals surface area contributed by atoms with Crippen LogP contribution < -0.4 is 10.9 Å². The number of thiocarbonyl (C=S) groups is 1. The monoisotopic (exact) mass is 542 g/mol. The van der Waals surface area contributed by atoms with E-state index in [1.807, 2.05) is 73.7 Å². The minimum absolute atomic E-state index is 0.136. The quantitative estimate of drug-likeness (QED) is 0.249. The molecule has 1 fully saturated rings. The van der Waals surface area contributed by atoms with Gasteiger partial charge in [-0.1, -0.05) is 90.7 Å². The molecule has 0 radical (unpaired) electrons. The predicted molar refractivity (Wildman–Crippen MR) is 156 cm³/mol. The van der Waals surface area contributed by atoms with E-state index >= 15 is 0 Å². The summed E-state index contributed by atoms with van der Waals surface area (Å²) in [7, 11) is 0. The van der Waals surface area contributed by atoms with Crippen molar-refractivity contribution < 1.29 is 9.90 Å². The molecule has 192 valence electrons. The van der Waals surface area contributed by atoms with Crippen molar-refractivity contribution in [1.29, 1.82) is 0 Å². The van der Waals surface area contributed by atoms with E-state index in [0.717, 1.165) is 16.7 Å². The summed E-state index contributed by atoms with van der Waals surface area (Å²) in [5.74, 6) is 0.0637. The molecule has 1 amide bonds. The van der Waals surface area contributed by atoms with Crippen LogP contribution >= 0.6 is 24.0 Å². The number of carbonyl (C=O) groups is 1. The molecule has 0 aliphatic carbocycles. The molecule has 5 rings (SSSR count). The summed E-state index contributed by atoms with van der Waals surface area (Å²) in [5.41, 5.74) is 3.11. The summed E-state index contributed by atoms with van der Waals surface area (Å²) < 4.78 is 1.92. The van der Waals surface area contributed by atoms with Gasteiger partial charge >= 0.3 is 0 Å². The number of aliphatic hydroxyl groups excluding tert-OH is 1. The highest BCUT2D eigenvalue weighted by atomic mass is 32.2. The third-order valence-corrected chi connectivity index (χ3v) is 7.73. The van der Waals surface area contributed by atoms with Crippen LogP contribution in [0.5, 0.6) is 0 Å². The zero-order valence-corrected chi connectivity index (χ0v) is 22.3. The number of nitrogens with zero attached hydrogens (tertiary/aromatic N) is 3. The van der Waals surface area contributed by atoms with Crippen LogP contribution in [-0.4, -0.2) is 42.7 Å². The van der Waals surface area contributed by atoms with Crippen LogP contribution in [-0.2, 0) is 11.2 Å². The lowest BCUT2D eigenvalue weighted by Gasteiger charge is -2.16. The van der Waals surface area contributed by atoms with Gasteiger partial charge in [0.2, 0.25) is 0 Å². The number of hydrogen-bond donors (Lipinski definition) is 2. The molecule has 2 aromatic heterocycles. The van der Waals surface area contributed by atoms with Crippen molar-refractivity contribution in [3.8, 4) is 0 Å². The molecular formula is C29H26N4O3S2. The van der Waals surface area contributed by atoms with E-state index in [1.54, 1.807) is 23.2 Å². The van der Waals surface area contributed by atoms with Gasteiger partial charge in [-0.15, -0.1) is 0 Å². The SMILES string of the molecule is Cc1cccn2c(=O)c(/C=C3/SC(=S)N(CCc4ccccc4)C3=O)c(NCC(O)c3ccccc3)nc12. The molecule has 0 bridgehead atoms. The van der Waals surface area contributed by atoms with Crippen molar-refractivity contribution >= 4 is 51.7 Å². The van der Waals surface area contributed by atoms with Crippen LogP contribution in [0, 0.1) is 6.92 Å². The number of hydrogen-bond acceptors (Lipinski definition) is 7. The number of rotatable bonds is 8. The van der Waals surface area contributed by atoms with Crippen molar-refractivity contribution in [3.05, 3.63) is 117 Å². The second kappa shape index (κ2) is 11.3. The lowest BCUT2D eigenvalue weighted by Crippen LogP contribution is -2.30. The molecule has 2 N–H and O–H groups in total. The van der Waals surface area contributed by atoms with Crippen molar-refractivity contribution in [3.63, 3.8) is 0 Å². The van der Waals surface area contributed by atoms with E-state index in [0.29, 0.717) is 33.7 Å². The number of pyridine rings is 1. The molecule has 1 unspecified atom stereocenters. The molecule has 1 aliphatic rings. The minimum atomic E-state index is -0.808. The molecule has 9 heteroatoms. The molecule has 1 aliphatic heterocycles. The number of aromatic nitrogens is 2. The van der Waals surface area contributed by atoms with Gasteiger partial charge in [0.1, 0.15) is 15.8 Å². The van der Waals surface area contributed by atoms with Crippen molar-refractivity contribution in [1.82, 2.24) is 14.3 Å². The number of aryl methyl sites for hydroxylation is 1. The summed E-state index contributed by atoms with van der Waals surface area (Å²) in [6, 6.07) is 22.8. The highest BCUT2D eigenvalue weighted by Crippen LogP contribution is 2.33. The highest BCUT2D eigenvalue weighted by Gasteiger charge is 2.32. The van der Waals surface area contributed by atoms with Crippen LogP contribution in [0.2, 0.25) is 0 Å². The second-order valence-electron chi connectivity index (χ2n) is 8.94. The average molecular weight is 543 g/mol. The number of nitrogens with one attached hydrogen (secondary N) is 1. The van der Waals surface area contributed by atoms with E-state index in [9.17, 15) is 14.7 Å². The predicted octanol–water partition coefficient (Wildman–Crippen LogP) is 4.59. The maximum absolute atomic E-state index is 13.6. The fraction of sp³-hybridized carbons (Fsp3) is 0.172. The Hall–Kier alpha value is -3.79. The van der Waals surface area contributed by atoms with E-state index in [-0.39, 0.29) is 23.6 Å². The Balaban J connectivity index is 1.47. The average Bonchev–Trinajstić information content (AvgIpc) is 3.21. The van der Waals surface area contributed by atoms with Gasteiger partial charge < -0.3 is 10.4 Å². The van der Waals surface area contributed by atoms with Crippen molar-refractivity contribution in [2.45, 2.75) is 19.4 Å². The Bertz CT molecular complexity index is 1590. The van der Waals surface area contributed by atoms with Gasteiger partial charge in [0.15, 0.2) is 0 Å². The Labute approximate surface area is 229 Å². The molecule has 3 heterocycles. The van der Waals surface area contributed by atoms with E-state index in [2.05, 4.69) is 5.32 Å². The number of carbonyl (C=O) groups excluding carboxylic acids is 1. The molecule has 4 aromatic rings. The van der Waals surface area contributed by atoms with Gasteiger partial charge in [-0.05, 0) is 42.2 Å². The molecule has 0 spiro atoms. The molecule has 1 saturated heterocycles. The number of fused-ring (bicyclic) bond motifs is 1. The van der Waals surface area contributed by atoms with E-state index in [4.69, 9.17) is 17.2 Å². The van der Waals surface area contributed by atoms with E-state index < -0.39 is 6.10 Å². The first-order valence-electron chi connectivity index (χ1n) is 12.2. The largest absolute Gasteiger partial charge is 0.387 e. The summed E-state index contributed by atoms with van der Waals surface area (Å²) >= 11 is 6.68. The van der Waals surface area contributed by atoms with Gasteiger partial charge in [0.25, 0.3) is 11.5 Å². The smallest absolute Gasteiger partial charge is 0.267 e. The second-order valence-corrected chi connectivity index (χ2v) is 10.6. The number of benzene rings is 2. The normalized spacial score (nSPS) is 15.4. The first-order valence-corrected chi connectivity index (χ1v) is 13.4. The molecule has 2 aromatic carbocycles. The van der Waals surface area contributed by atoms with Crippen molar-refractivity contribution in [2.75, 3.05) is 18.4 Å². The number of amides is 1. The fourth-order valence-electron chi connectivity index (χ4n) is 4.27. The Kier molecular flexibility index (Phi) is 7.69. The maximum Gasteiger partial charge on any atom is 0.267 e. The first kappa shape index (κ1) is 25.8. The Morgan fingerprint density at radius 3 is 2.50 bits per heavy atom. The zero-order valence-electron chi connectivity index (χ0n) is 20.7. The number of anilines is 1. The molecule has 1 atom stereocenters. The van der Waals surface area contributed by atoms with E-state index in [1.165, 1.54) is 16.2 Å². The van der Waals surface area contributed by atoms with Crippen molar-refractivity contribution in [2.24, 2.45) is 0 Å². The molecule has 0 saturated carbocycles. The van der Waals surface area contributed by atoms with Crippen LogP contribution in [0.1, 0.15) is 28.4 Å². The fourth-order valence-corrected chi connectivity index (χ4v) is 5.56. The van der Waals surface area contributed by atoms with Crippen LogP contribution in [0.25, 0.3) is 11.7 Å². The topological polar surface area (TPSA) is 86.9 Å². The van der Waals surface area contributed by atoms with Crippen LogP contribution in [0.3, 0.4) is 0 Å². The Morgan fingerprint density at radius 1 is 1.05 bits per heavy atom.